The highest BCUT2D eigenvalue weighted by molar-refractivity contribution is 6.22. The molecular formula is C28H31N9O. The minimum absolute atomic E-state index is 0.206. The first-order chi connectivity index (χ1) is 18.5. The first kappa shape index (κ1) is 25.2. The van der Waals surface area contributed by atoms with Crippen molar-refractivity contribution in [2.45, 2.75) is 44.9 Å². The van der Waals surface area contributed by atoms with Crippen LogP contribution in [0.3, 0.4) is 0 Å². The predicted molar refractivity (Wildman–Crippen MR) is 144 cm³/mol. The maximum Gasteiger partial charge on any atom is 0.179 e. The number of fused-ring (bicyclic) bond motifs is 1. The van der Waals surface area contributed by atoms with Crippen LogP contribution in [-0.2, 0) is 0 Å². The molecule has 3 aromatic heterocycles. The van der Waals surface area contributed by atoms with E-state index < -0.39 is 0 Å². The van der Waals surface area contributed by atoms with E-state index in [1.54, 1.807) is 16.9 Å². The summed E-state index contributed by atoms with van der Waals surface area (Å²) < 4.78 is 7.98. The normalized spacial score (nSPS) is 18.6. The second-order valence-corrected chi connectivity index (χ2v) is 9.79. The van der Waals surface area contributed by atoms with Crippen molar-refractivity contribution in [3.63, 3.8) is 0 Å². The number of likely N-dealkylation sites (tertiary alicyclic amines) is 2. The van der Waals surface area contributed by atoms with Gasteiger partial charge in [-0.15, -0.1) is 0 Å². The van der Waals surface area contributed by atoms with Gasteiger partial charge < -0.3 is 15.4 Å². The maximum atomic E-state index is 9.64. The molecule has 0 amide bonds. The highest BCUT2D eigenvalue weighted by atomic mass is 16.5. The molecule has 2 saturated heterocycles. The Morgan fingerprint density at radius 1 is 1.26 bits per heavy atom. The number of ether oxygens (including phenoxy) is 1. The number of nitrogens with zero attached hydrogens (tertiary/aromatic N) is 8. The molecule has 10 heteroatoms. The molecule has 0 spiro atoms. The lowest BCUT2D eigenvalue weighted by molar-refractivity contribution is 0.0608. The van der Waals surface area contributed by atoms with Gasteiger partial charge in [0.25, 0.3) is 0 Å². The van der Waals surface area contributed by atoms with Crippen LogP contribution in [0, 0.1) is 22.8 Å². The van der Waals surface area contributed by atoms with Gasteiger partial charge >= 0.3 is 0 Å². The van der Waals surface area contributed by atoms with Crippen molar-refractivity contribution in [3.8, 4) is 18.0 Å². The van der Waals surface area contributed by atoms with Crippen molar-refractivity contribution < 1.29 is 4.74 Å². The van der Waals surface area contributed by atoms with Crippen molar-refractivity contribution >= 4 is 16.8 Å². The van der Waals surface area contributed by atoms with Gasteiger partial charge in [-0.1, -0.05) is 6.07 Å². The fraction of sp³-hybridized carbons (Fsp3) is 0.393. The maximum absolute atomic E-state index is 9.64. The highest BCUT2D eigenvalue weighted by Gasteiger charge is 2.34. The van der Waals surface area contributed by atoms with E-state index in [1.165, 1.54) is 6.20 Å². The van der Waals surface area contributed by atoms with Crippen LogP contribution in [0.5, 0.6) is 5.75 Å². The summed E-state index contributed by atoms with van der Waals surface area (Å²) >= 11 is 0. The summed E-state index contributed by atoms with van der Waals surface area (Å²) in [5, 5.41) is 23.1. The second kappa shape index (κ2) is 10.9. The van der Waals surface area contributed by atoms with Crippen molar-refractivity contribution in [2.24, 2.45) is 10.7 Å². The molecule has 0 aromatic carbocycles. The van der Waals surface area contributed by atoms with Crippen molar-refractivity contribution in [2.75, 3.05) is 26.2 Å². The Bertz CT molecular complexity index is 1430. The number of piperidine rings is 1. The second-order valence-electron chi connectivity index (χ2n) is 9.79. The zero-order valence-electron chi connectivity index (χ0n) is 21.7. The third kappa shape index (κ3) is 5.04. The lowest BCUT2D eigenvalue weighted by Gasteiger charge is -2.45. The monoisotopic (exact) mass is 509 g/mol. The average molecular weight is 510 g/mol. The Balaban J connectivity index is 1.35. The fourth-order valence-electron chi connectivity index (χ4n) is 5.24. The molecule has 194 valence electrons. The van der Waals surface area contributed by atoms with E-state index in [2.05, 4.69) is 27.2 Å². The molecule has 1 atom stereocenters. The molecule has 10 nitrogen and oxygen atoms in total. The predicted octanol–water partition coefficient (Wildman–Crippen LogP) is 3.13. The molecular weight excluding hydrogens is 478 g/mol. The minimum Gasteiger partial charge on any atom is -0.482 e. The molecule has 2 N–H and O–H groups in total. The van der Waals surface area contributed by atoms with Gasteiger partial charge in [-0.3, -0.25) is 14.9 Å². The van der Waals surface area contributed by atoms with Crippen molar-refractivity contribution in [3.05, 3.63) is 65.9 Å². The zero-order valence-corrected chi connectivity index (χ0v) is 21.7. The summed E-state index contributed by atoms with van der Waals surface area (Å²) in [5.74, 6) is 0.528. The molecule has 2 aliphatic rings. The number of rotatable bonds is 7. The van der Waals surface area contributed by atoms with Gasteiger partial charge in [0.05, 0.1) is 17.9 Å². The number of nitriles is 2. The average Bonchev–Trinajstić information content (AvgIpc) is 3.35. The Hall–Kier alpha value is -4.41. The molecule has 38 heavy (non-hydrogen) atoms. The summed E-state index contributed by atoms with van der Waals surface area (Å²) in [4.78, 5) is 13.7. The van der Waals surface area contributed by atoms with E-state index in [4.69, 9.17) is 20.7 Å². The first-order valence-electron chi connectivity index (χ1n) is 12.9. The molecule has 5 heterocycles. The Morgan fingerprint density at radius 2 is 2.05 bits per heavy atom. The molecule has 5 rings (SSSR count). The van der Waals surface area contributed by atoms with Gasteiger partial charge in [0.15, 0.2) is 6.19 Å². The van der Waals surface area contributed by atoms with Gasteiger partial charge in [-0.05, 0) is 44.9 Å². The zero-order chi connectivity index (χ0) is 26.6. The van der Waals surface area contributed by atoms with Crippen LogP contribution in [0.25, 0.3) is 11.1 Å². The van der Waals surface area contributed by atoms with Gasteiger partial charge in [0, 0.05) is 67.7 Å². The Labute approximate surface area is 222 Å². The van der Waals surface area contributed by atoms with E-state index in [-0.39, 0.29) is 12.1 Å². The van der Waals surface area contributed by atoms with Gasteiger partial charge in [-0.25, -0.2) is 4.52 Å². The molecule has 0 aliphatic carbocycles. The lowest BCUT2D eigenvalue weighted by atomic mass is 9.97. The van der Waals surface area contributed by atoms with Gasteiger partial charge in [-0.2, -0.15) is 15.6 Å². The third-order valence-corrected chi connectivity index (χ3v) is 7.36. The largest absolute Gasteiger partial charge is 0.482 e. The Morgan fingerprint density at radius 3 is 2.71 bits per heavy atom. The smallest absolute Gasteiger partial charge is 0.179 e. The number of nitrogens with two attached hydrogens (primary N) is 1. The number of hydrogen-bond donors (Lipinski definition) is 1. The van der Waals surface area contributed by atoms with Crippen LogP contribution in [0.1, 0.15) is 49.6 Å². The van der Waals surface area contributed by atoms with Crippen LogP contribution in [0.2, 0.25) is 0 Å². The first-order valence-corrected chi connectivity index (χ1v) is 12.9. The molecule has 0 bridgehead atoms. The molecule has 2 fully saturated rings. The van der Waals surface area contributed by atoms with E-state index in [1.807, 2.05) is 49.2 Å². The summed E-state index contributed by atoms with van der Waals surface area (Å²) in [5.41, 5.74) is 10.4. The topological polar surface area (TPSA) is 132 Å². The quantitative estimate of drug-likeness (QED) is 0.380. The third-order valence-electron chi connectivity index (χ3n) is 7.36. The number of hydrogen-bond acceptors (Lipinski definition) is 9. The molecule has 2 aliphatic heterocycles. The fourth-order valence-corrected chi connectivity index (χ4v) is 5.24. The standard InChI is InChI=1S/C28H31N9O/c1-19(34-23-16-36(17-23)24-6-9-35(18-31)10-7-24)25(13-30)21-11-27(28-22(12-29)14-33-37(28)15-21)38-20(2)26-5-3-4-8-32-26/h3-5,8,11,13-15,20,23-24H,6-7,9-10,16-17,30H2,1-2H3/b25-13+,34-19?. The molecule has 3 aromatic rings. The van der Waals surface area contributed by atoms with E-state index >= 15 is 0 Å². The van der Waals surface area contributed by atoms with Crippen LogP contribution >= 0.6 is 0 Å². The summed E-state index contributed by atoms with van der Waals surface area (Å²) in [6.07, 6.45) is 10.6. The summed E-state index contributed by atoms with van der Waals surface area (Å²) in [6, 6.07) is 10.5. The summed E-state index contributed by atoms with van der Waals surface area (Å²) in [6.45, 7) is 7.37. The van der Waals surface area contributed by atoms with Crippen LogP contribution < -0.4 is 10.5 Å². The van der Waals surface area contributed by atoms with Gasteiger partial charge in [0.1, 0.15) is 29.0 Å². The highest BCUT2D eigenvalue weighted by Crippen LogP contribution is 2.32. The van der Waals surface area contributed by atoms with Crippen molar-refractivity contribution in [1.82, 2.24) is 24.4 Å². The molecule has 0 saturated carbocycles. The van der Waals surface area contributed by atoms with Crippen LogP contribution in [0.4, 0.5) is 0 Å². The SMILES string of the molecule is CC(=NC1CN(C2CCN(C#N)CC2)C1)/C(=C\N)c1cc(OC(C)c2ccccn2)c2c(C#N)cnn2c1. The molecule has 0 radical (unpaired) electrons. The Kier molecular flexibility index (Phi) is 7.25. The van der Waals surface area contributed by atoms with E-state index in [0.29, 0.717) is 22.9 Å². The van der Waals surface area contributed by atoms with E-state index in [9.17, 15) is 5.26 Å². The number of pyridine rings is 2. The van der Waals surface area contributed by atoms with Crippen LogP contribution in [-0.4, -0.2) is 68.4 Å². The number of aromatic nitrogens is 3. The van der Waals surface area contributed by atoms with Crippen LogP contribution in [0.15, 0.2) is 54.0 Å². The van der Waals surface area contributed by atoms with Crippen molar-refractivity contribution in [1.29, 1.82) is 10.5 Å². The van der Waals surface area contributed by atoms with Gasteiger partial charge in [0.2, 0.25) is 0 Å². The summed E-state index contributed by atoms with van der Waals surface area (Å²) in [7, 11) is 0. The minimum atomic E-state index is -0.335. The lowest BCUT2D eigenvalue weighted by Crippen LogP contribution is -2.57. The molecule has 1 unspecified atom stereocenters. The van der Waals surface area contributed by atoms with E-state index in [0.717, 1.165) is 61.6 Å². The number of aliphatic imine (C=N–C) groups is 1. The number of allylic oxidation sites excluding steroid dienone is 1.